The Balaban J connectivity index is 1.43. The average Bonchev–Trinajstić information content (AvgIpc) is 3.32. The zero-order chi connectivity index (χ0) is 26.5. The van der Waals surface area contributed by atoms with E-state index in [-0.39, 0.29) is 34.7 Å². The van der Waals surface area contributed by atoms with Gasteiger partial charge in [-0.3, -0.25) is 14.4 Å². The minimum absolute atomic E-state index is 0.0465. The van der Waals surface area contributed by atoms with Crippen molar-refractivity contribution < 1.29 is 14.4 Å². The number of thiocarbonyl (C=S) groups is 1. The van der Waals surface area contributed by atoms with Gasteiger partial charge in [-0.2, -0.15) is 0 Å². The lowest BCUT2D eigenvalue weighted by molar-refractivity contribution is -0.125. The molecule has 4 rings (SSSR count). The average molecular weight is 544 g/mol. The molecule has 0 radical (unpaired) electrons. The lowest BCUT2D eigenvalue weighted by Gasteiger charge is -2.33. The smallest absolute Gasteiger partial charge is 0.286 e. The van der Waals surface area contributed by atoms with Crippen molar-refractivity contribution >= 4 is 52.5 Å². The Morgan fingerprint density at radius 3 is 2.84 bits per heavy atom. The van der Waals surface area contributed by atoms with Crippen molar-refractivity contribution in [3.8, 4) is 0 Å². The molecule has 0 aromatic carbocycles. The van der Waals surface area contributed by atoms with Gasteiger partial charge < -0.3 is 26.2 Å². The number of amides is 3. The highest BCUT2D eigenvalue weighted by atomic mass is 32.1. The highest BCUT2D eigenvalue weighted by Crippen LogP contribution is 2.30. The van der Waals surface area contributed by atoms with Crippen molar-refractivity contribution in [1.29, 1.82) is 0 Å². The Hall–Kier alpha value is -2.96. The third kappa shape index (κ3) is 6.88. The maximum atomic E-state index is 13.2. The van der Waals surface area contributed by atoms with Gasteiger partial charge in [-0.15, -0.1) is 11.3 Å². The summed E-state index contributed by atoms with van der Waals surface area (Å²) in [5.74, 6) is -0.586. The maximum absolute atomic E-state index is 13.2. The number of allylic oxidation sites excluding steroid dienone is 2. The molecule has 0 bridgehead atoms. The number of nitrogens with zero attached hydrogens (tertiary/aromatic N) is 3. The largest absolute Gasteiger partial charge is 0.368 e. The molecule has 198 valence electrons. The van der Waals surface area contributed by atoms with Crippen LogP contribution in [0.2, 0.25) is 0 Å². The van der Waals surface area contributed by atoms with Gasteiger partial charge in [-0.25, -0.2) is 9.98 Å². The summed E-state index contributed by atoms with van der Waals surface area (Å²) >= 11 is 6.66. The van der Waals surface area contributed by atoms with Gasteiger partial charge in [0, 0.05) is 62.1 Å². The molecule has 3 atom stereocenters. The van der Waals surface area contributed by atoms with E-state index in [2.05, 4.69) is 43.2 Å². The number of aromatic nitrogens is 1. The van der Waals surface area contributed by atoms with Crippen LogP contribution in [0.3, 0.4) is 0 Å². The van der Waals surface area contributed by atoms with Gasteiger partial charge in [0.25, 0.3) is 11.8 Å². The zero-order valence-electron chi connectivity index (χ0n) is 21.3. The topological polar surface area (TPSA) is 128 Å². The Bertz CT molecular complexity index is 1170. The third-order valence-corrected chi connectivity index (χ3v) is 8.24. The van der Waals surface area contributed by atoms with Crippen LogP contribution in [0.15, 0.2) is 28.5 Å². The Labute approximate surface area is 226 Å². The minimum Gasteiger partial charge on any atom is -0.368 e. The first-order chi connectivity index (χ1) is 17.7. The first kappa shape index (κ1) is 27.1. The van der Waals surface area contributed by atoms with Crippen LogP contribution in [0.4, 0.5) is 0 Å². The van der Waals surface area contributed by atoms with E-state index in [4.69, 9.17) is 12.2 Å². The molecule has 12 heteroatoms. The van der Waals surface area contributed by atoms with E-state index >= 15 is 0 Å². The molecule has 1 saturated carbocycles. The van der Waals surface area contributed by atoms with E-state index in [1.165, 1.54) is 11.3 Å². The fourth-order valence-corrected chi connectivity index (χ4v) is 5.90. The molecular weight excluding hydrogens is 510 g/mol. The van der Waals surface area contributed by atoms with Gasteiger partial charge >= 0.3 is 0 Å². The van der Waals surface area contributed by atoms with E-state index in [0.29, 0.717) is 36.6 Å². The summed E-state index contributed by atoms with van der Waals surface area (Å²) in [7, 11) is 3.67. The van der Waals surface area contributed by atoms with Crippen LogP contribution in [0.5, 0.6) is 0 Å². The summed E-state index contributed by atoms with van der Waals surface area (Å²) < 4.78 is 0. The third-order valence-electron chi connectivity index (χ3n) is 6.87. The predicted octanol–water partition coefficient (Wildman–Crippen LogP) is 1.30. The number of thiazole rings is 1. The number of dihydropyridines is 1. The second kappa shape index (κ2) is 12.1. The number of nitrogens with one attached hydrogen (secondary N) is 4. The number of carbonyl (C=O) groups is 3. The van der Waals surface area contributed by atoms with E-state index < -0.39 is 5.91 Å². The monoisotopic (exact) mass is 543 g/mol. The molecule has 1 aromatic heterocycles. The van der Waals surface area contributed by atoms with Crippen LogP contribution in [-0.4, -0.2) is 72.0 Å². The van der Waals surface area contributed by atoms with Crippen molar-refractivity contribution in [3.63, 3.8) is 0 Å². The molecule has 1 aliphatic carbocycles. The van der Waals surface area contributed by atoms with Crippen LogP contribution >= 0.6 is 23.6 Å². The van der Waals surface area contributed by atoms with Crippen LogP contribution < -0.4 is 21.3 Å². The molecule has 1 aromatic rings. The summed E-state index contributed by atoms with van der Waals surface area (Å²) in [6.45, 7) is 4.35. The quantitative estimate of drug-likeness (QED) is 0.326. The molecule has 0 saturated heterocycles. The standard InChI is InChI=1S/C25H33N7O3S2/c1-14-4-7-20(27-11-14)31-22(34)24(36)28-12-16-6-5-15(21(33)26-2)10-18(16)29-23(35)25-30-17-8-9-32(3)13-19(17)37-25/h4,7,12,15-16,18,27H,5-6,8-11,13H2,1-3H3,(H,26,33)(H,29,35)(H,31,34)/t15-,16?,18+/m0/s1. The van der Waals surface area contributed by atoms with Crippen molar-refractivity contribution in [2.75, 3.05) is 27.2 Å². The van der Waals surface area contributed by atoms with Crippen LogP contribution in [0.1, 0.15) is 46.6 Å². The highest BCUT2D eigenvalue weighted by Gasteiger charge is 2.35. The number of likely N-dealkylation sites (N-methyl/N-ethyl adjacent to an activating group) is 1. The summed E-state index contributed by atoms with van der Waals surface area (Å²) in [5, 5.41) is 12.1. The molecule has 10 nitrogen and oxygen atoms in total. The molecule has 1 unspecified atom stereocenters. The maximum Gasteiger partial charge on any atom is 0.286 e. The SMILES string of the molecule is CNC(=O)[C@H]1CCC(C=NC(=S)C(=O)NC2=CC=C(C)CN2)[C@H](NC(=O)c2nc3c(s2)CN(C)CC3)C1. The van der Waals surface area contributed by atoms with Crippen LogP contribution in [-0.2, 0) is 22.6 Å². The number of rotatable bonds is 5. The number of aliphatic imine (C=N–C) groups is 1. The summed E-state index contributed by atoms with van der Waals surface area (Å²) in [4.78, 5) is 50.1. The van der Waals surface area contributed by atoms with Crippen molar-refractivity contribution in [2.45, 2.75) is 45.2 Å². The number of hydrogen-bond acceptors (Lipinski definition) is 8. The van der Waals surface area contributed by atoms with Gasteiger partial charge in [0.1, 0.15) is 5.82 Å². The van der Waals surface area contributed by atoms with Crippen LogP contribution in [0, 0.1) is 11.8 Å². The predicted molar refractivity (Wildman–Crippen MR) is 147 cm³/mol. The second-order valence-corrected chi connectivity index (χ2v) is 11.2. The molecule has 37 heavy (non-hydrogen) atoms. The van der Waals surface area contributed by atoms with Gasteiger partial charge in [-0.05, 0) is 39.3 Å². The van der Waals surface area contributed by atoms with Crippen molar-refractivity contribution in [3.05, 3.63) is 39.1 Å². The Morgan fingerprint density at radius 1 is 1.30 bits per heavy atom. The second-order valence-electron chi connectivity index (χ2n) is 9.73. The minimum atomic E-state index is -0.476. The molecule has 3 heterocycles. The highest BCUT2D eigenvalue weighted by molar-refractivity contribution is 7.82. The van der Waals surface area contributed by atoms with Gasteiger partial charge in [0.05, 0.1) is 5.69 Å². The van der Waals surface area contributed by atoms with Crippen molar-refractivity contribution in [2.24, 2.45) is 16.8 Å². The van der Waals surface area contributed by atoms with E-state index in [1.54, 1.807) is 19.3 Å². The van der Waals surface area contributed by atoms with E-state index in [9.17, 15) is 14.4 Å². The molecule has 2 aliphatic heterocycles. The zero-order valence-corrected chi connectivity index (χ0v) is 22.9. The molecular formula is C25H33N7O3S2. The molecule has 3 aliphatic rings. The van der Waals surface area contributed by atoms with Gasteiger partial charge in [-0.1, -0.05) is 23.9 Å². The summed E-state index contributed by atoms with van der Waals surface area (Å²) in [5.41, 5.74) is 2.15. The lowest BCUT2D eigenvalue weighted by atomic mass is 9.78. The summed E-state index contributed by atoms with van der Waals surface area (Å²) in [6.07, 6.45) is 7.93. The first-order valence-corrected chi connectivity index (χ1v) is 13.7. The van der Waals surface area contributed by atoms with E-state index in [0.717, 1.165) is 35.7 Å². The number of fused-ring (bicyclic) bond motifs is 1. The summed E-state index contributed by atoms with van der Waals surface area (Å²) in [6, 6.07) is -0.336. The fraction of sp³-hybridized carbons (Fsp3) is 0.520. The van der Waals surface area contributed by atoms with Crippen molar-refractivity contribution in [1.82, 2.24) is 31.2 Å². The lowest BCUT2D eigenvalue weighted by Crippen LogP contribution is -2.47. The molecule has 4 N–H and O–H groups in total. The number of carbonyl (C=O) groups excluding carboxylic acids is 3. The molecule has 1 fully saturated rings. The Kier molecular flexibility index (Phi) is 8.83. The first-order valence-electron chi connectivity index (χ1n) is 12.4. The van der Waals surface area contributed by atoms with Crippen LogP contribution in [0.25, 0.3) is 0 Å². The number of hydrogen-bond donors (Lipinski definition) is 4. The normalized spacial score (nSPS) is 23.8. The Morgan fingerprint density at radius 2 is 2.11 bits per heavy atom. The molecule has 3 amide bonds. The molecule has 0 spiro atoms. The van der Waals surface area contributed by atoms with Gasteiger partial charge in [0.2, 0.25) is 5.91 Å². The van der Waals surface area contributed by atoms with E-state index in [1.807, 2.05) is 13.0 Å². The van der Waals surface area contributed by atoms with Gasteiger partial charge in [0.15, 0.2) is 10.00 Å². The fourth-order valence-electron chi connectivity index (χ4n) is 4.69.